The van der Waals surface area contributed by atoms with Crippen molar-refractivity contribution in [2.45, 2.75) is 5.16 Å². The van der Waals surface area contributed by atoms with E-state index in [0.717, 1.165) is 5.02 Å². The molecule has 7 rings (SSSR count). The number of hydrogen-bond donors (Lipinski definition) is 0. The smallest absolute Gasteiger partial charge is 0.241 e. The maximum absolute atomic E-state index is 6.29. The van der Waals surface area contributed by atoms with E-state index in [1.165, 1.54) is 32.7 Å². The zero-order valence-electron chi connectivity index (χ0n) is 25.0. The van der Waals surface area contributed by atoms with Crippen molar-refractivity contribution < 1.29 is 0 Å². The minimum Gasteiger partial charge on any atom is -0.326 e. The normalized spacial score (nSPS) is 11.1. The third-order valence-corrected chi connectivity index (χ3v) is 11.0. The highest BCUT2D eigenvalue weighted by molar-refractivity contribution is 6.95. The lowest BCUT2D eigenvalue weighted by atomic mass is 9.37. The van der Waals surface area contributed by atoms with E-state index >= 15 is 0 Å². The molecule has 0 aliphatic heterocycles. The van der Waals surface area contributed by atoms with E-state index in [1.54, 1.807) is 0 Å². The molecule has 0 bridgehead atoms. The Morgan fingerprint density at radius 2 is 0.978 bits per heavy atom. The lowest BCUT2D eigenvalue weighted by Crippen LogP contribution is -2.51. The van der Waals surface area contributed by atoms with Gasteiger partial charge in [-0.3, -0.25) is 0 Å². The number of halogens is 1. The van der Waals surface area contributed by atoms with E-state index in [9.17, 15) is 0 Å². The lowest BCUT2D eigenvalue weighted by Gasteiger charge is -2.37. The summed E-state index contributed by atoms with van der Waals surface area (Å²) >= 11 is 6.29. The minimum atomic E-state index is -0.853. The monoisotopic (exact) mass is 616 g/mol. The first kappa shape index (κ1) is 30.1. The van der Waals surface area contributed by atoms with Crippen molar-refractivity contribution in [1.82, 2.24) is 9.55 Å². The van der Waals surface area contributed by atoms with Crippen molar-refractivity contribution in [3.63, 3.8) is 0 Å². The molecule has 0 saturated heterocycles. The number of hydrogen-bond acceptors (Lipinski definition) is 1. The van der Waals surface area contributed by atoms with E-state index in [1.807, 2.05) is 24.7 Å². The predicted octanol–water partition coefficient (Wildman–Crippen LogP) is 5.98. The molecule has 1 aromatic heterocycles. The largest absolute Gasteiger partial charge is 0.326 e. The molecule has 218 valence electrons. The molecule has 0 atom stereocenters. The summed E-state index contributed by atoms with van der Waals surface area (Å²) in [6.45, 7) is 0.309. The first-order chi connectivity index (χ1) is 22.2. The highest BCUT2D eigenvalue weighted by Gasteiger charge is 2.36. The quantitative estimate of drug-likeness (QED) is 0.192. The Balaban J connectivity index is 0.000000167. The van der Waals surface area contributed by atoms with Gasteiger partial charge in [-0.2, -0.15) is 0 Å². The van der Waals surface area contributed by atoms with Gasteiger partial charge in [-0.25, -0.2) is 4.98 Å². The zero-order chi connectivity index (χ0) is 30.7. The molecule has 1 heterocycles. The molecule has 0 spiro atoms. The Morgan fingerprint density at radius 3 is 1.38 bits per heavy atom. The Kier molecular flexibility index (Phi) is 9.86. The van der Waals surface area contributed by atoms with Crippen molar-refractivity contribution in [2.75, 3.05) is 0 Å². The summed E-state index contributed by atoms with van der Waals surface area (Å²) in [5.74, 6) is 0. The van der Waals surface area contributed by atoms with Crippen molar-refractivity contribution in [3.05, 3.63) is 211 Å². The van der Waals surface area contributed by atoms with Gasteiger partial charge >= 0.3 is 0 Å². The molecule has 0 saturated carbocycles. The summed E-state index contributed by atoms with van der Waals surface area (Å²) in [5.41, 5.74) is 6.55. The van der Waals surface area contributed by atoms with Gasteiger partial charge in [0.05, 0.1) is 21.0 Å². The molecular weight excluding hydrogens is 583 g/mol. The molecule has 45 heavy (non-hydrogen) atoms. The van der Waals surface area contributed by atoms with Crippen LogP contribution in [0.5, 0.6) is 0 Å². The van der Waals surface area contributed by atoms with Crippen LogP contribution in [-0.4, -0.2) is 25.8 Å². The number of aromatic nitrogens is 2. The van der Waals surface area contributed by atoms with Crippen LogP contribution in [0.15, 0.2) is 195 Å². The molecule has 6 aromatic carbocycles. The van der Waals surface area contributed by atoms with Gasteiger partial charge < -0.3 is 4.57 Å². The fraction of sp³-hybridized carbons (Fsp3) is 0.0250. The highest BCUT2D eigenvalue weighted by Crippen LogP contribution is 2.33. The Bertz CT molecular complexity index is 1740. The van der Waals surface area contributed by atoms with Gasteiger partial charge in [-0.15, -0.1) is 0 Å². The van der Waals surface area contributed by atoms with Crippen molar-refractivity contribution in [1.29, 1.82) is 0 Å². The van der Waals surface area contributed by atoms with Crippen LogP contribution in [0.25, 0.3) is 0 Å². The van der Waals surface area contributed by atoms with Crippen LogP contribution in [-0.2, 0) is 5.16 Å². The van der Waals surface area contributed by atoms with E-state index in [0.29, 0.717) is 6.71 Å². The van der Waals surface area contributed by atoms with E-state index in [-0.39, 0.29) is 5.16 Å². The number of nitrogens with zero attached hydrogens (tertiary/aromatic N) is 2. The SMILES string of the molecule is Clc1cccc([SiH2]C(c2ccccc2)(c2ccccc2)n2ccnc2)c1.c1ccc(B(c2ccccc2)c2ccccc2)cc1. The van der Waals surface area contributed by atoms with Gasteiger partial charge in [-0.1, -0.05) is 197 Å². The maximum atomic E-state index is 6.29. The lowest BCUT2D eigenvalue weighted by molar-refractivity contribution is 0.596. The molecule has 0 N–H and O–H groups in total. The number of benzene rings is 6. The summed E-state index contributed by atoms with van der Waals surface area (Å²) in [7, 11) is -0.853. The second kappa shape index (κ2) is 14.7. The molecule has 5 heteroatoms. The molecule has 0 unspecified atom stereocenters. The van der Waals surface area contributed by atoms with Gasteiger partial charge in [0.15, 0.2) is 0 Å². The van der Waals surface area contributed by atoms with Gasteiger partial charge in [0.2, 0.25) is 6.71 Å². The van der Waals surface area contributed by atoms with Crippen LogP contribution in [0.1, 0.15) is 11.1 Å². The summed E-state index contributed by atoms with van der Waals surface area (Å²) < 4.78 is 2.25. The molecule has 0 fully saturated rings. The molecule has 0 aliphatic carbocycles. The van der Waals surface area contributed by atoms with Crippen LogP contribution in [0, 0.1) is 0 Å². The van der Waals surface area contributed by atoms with Crippen LogP contribution in [0.2, 0.25) is 5.02 Å². The second-order valence-electron chi connectivity index (χ2n) is 11.0. The summed E-state index contributed by atoms with van der Waals surface area (Å²) in [6, 6.07) is 61.7. The first-order valence-corrected chi connectivity index (χ1v) is 17.0. The molecule has 0 amide bonds. The highest BCUT2D eigenvalue weighted by atomic mass is 35.5. The fourth-order valence-electron chi connectivity index (χ4n) is 6.13. The summed E-state index contributed by atoms with van der Waals surface area (Å²) in [4.78, 5) is 4.36. The van der Waals surface area contributed by atoms with Crippen molar-refractivity contribution >= 4 is 49.4 Å². The minimum absolute atomic E-state index is 0.260. The number of imidazole rings is 1. The third kappa shape index (κ3) is 7.09. The Hall–Kier alpha value is -4.90. The summed E-state index contributed by atoms with van der Waals surface area (Å²) in [6.07, 6.45) is 5.85. The fourth-order valence-corrected chi connectivity index (χ4v) is 8.89. The Labute approximate surface area is 273 Å². The van der Waals surface area contributed by atoms with Gasteiger partial charge in [0.25, 0.3) is 0 Å². The van der Waals surface area contributed by atoms with Crippen LogP contribution >= 0.6 is 11.6 Å². The topological polar surface area (TPSA) is 17.8 Å². The van der Waals surface area contributed by atoms with Gasteiger partial charge in [0, 0.05) is 17.4 Å². The van der Waals surface area contributed by atoms with E-state index < -0.39 is 9.52 Å². The molecule has 2 nitrogen and oxygen atoms in total. The predicted molar refractivity (Wildman–Crippen MR) is 195 cm³/mol. The molecule has 7 aromatic rings. The van der Waals surface area contributed by atoms with Crippen molar-refractivity contribution in [2.24, 2.45) is 0 Å². The molecule has 0 radical (unpaired) electrons. The average molecular weight is 617 g/mol. The standard InChI is InChI=1S/C22H19ClN2Si.C18H15B/c23-20-12-7-13-21(16-20)26-22(25-15-14-24-17-25,18-8-3-1-4-9-18)19-10-5-2-6-11-19;1-4-10-16(11-5-1)19(17-12-6-2-7-13-17)18-14-8-3-9-15-18/h1-17H,26H2;1-15H. The molecule has 0 aliphatic rings. The first-order valence-electron chi connectivity index (χ1n) is 15.2. The van der Waals surface area contributed by atoms with E-state index in [2.05, 4.69) is 180 Å². The van der Waals surface area contributed by atoms with Gasteiger partial charge in [-0.05, 0) is 23.3 Å². The number of rotatable bonds is 8. The van der Waals surface area contributed by atoms with Crippen LogP contribution in [0.4, 0.5) is 0 Å². The second-order valence-corrected chi connectivity index (χ2v) is 13.7. The third-order valence-electron chi connectivity index (χ3n) is 8.20. The summed E-state index contributed by atoms with van der Waals surface area (Å²) in [5, 5.41) is 1.85. The molecular formula is C40H34BClN2Si. The van der Waals surface area contributed by atoms with Crippen LogP contribution < -0.4 is 21.6 Å². The Morgan fingerprint density at radius 1 is 0.533 bits per heavy atom. The van der Waals surface area contributed by atoms with Crippen LogP contribution in [0.3, 0.4) is 0 Å². The average Bonchev–Trinajstić information content (AvgIpc) is 3.66. The van der Waals surface area contributed by atoms with Gasteiger partial charge in [0.1, 0.15) is 0 Å². The zero-order valence-corrected chi connectivity index (χ0v) is 27.2. The maximum Gasteiger partial charge on any atom is 0.241 e. The van der Waals surface area contributed by atoms with E-state index in [4.69, 9.17) is 11.6 Å². The van der Waals surface area contributed by atoms with Crippen molar-refractivity contribution in [3.8, 4) is 0 Å².